The Morgan fingerprint density at radius 3 is 2.22 bits per heavy atom. The molecular formula is C17H32N4OS. The maximum atomic E-state index is 5.69. The van der Waals surface area contributed by atoms with E-state index in [1.165, 1.54) is 63.5 Å². The molecule has 0 radical (unpaired) electrons. The van der Waals surface area contributed by atoms with Gasteiger partial charge in [0.05, 0.1) is 13.2 Å². The van der Waals surface area contributed by atoms with Crippen LogP contribution in [0, 0.1) is 5.92 Å². The first-order chi connectivity index (χ1) is 11.3. The van der Waals surface area contributed by atoms with Gasteiger partial charge in [-0.15, -0.1) is 0 Å². The summed E-state index contributed by atoms with van der Waals surface area (Å²) in [5.74, 6) is 3.37. The number of hydrogen-bond donors (Lipinski definition) is 0. The molecule has 2 atom stereocenters. The van der Waals surface area contributed by atoms with Gasteiger partial charge in [0.15, 0.2) is 0 Å². The summed E-state index contributed by atoms with van der Waals surface area (Å²) in [5.41, 5.74) is 0. The van der Waals surface area contributed by atoms with Crippen LogP contribution in [-0.4, -0.2) is 96.1 Å². The van der Waals surface area contributed by atoms with E-state index in [9.17, 15) is 0 Å². The van der Waals surface area contributed by atoms with Gasteiger partial charge in [-0.3, -0.25) is 9.80 Å². The largest absolute Gasteiger partial charge is 0.379 e. The van der Waals surface area contributed by atoms with Crippen LogP contribution < -0.4 is 0 Å². The highest BCUT2D eigenvalue weighted by molar-refractivity contribution is 7.99. The number of hydrogen-bond acceptors (Lipinski definition) is 6. The Labute approximate surface area is 145 Å². The summed E-state index contributed by atoms with van der Waals surface area (Å²) < 4.78 is 5.69. The number of hydrazine groups is 1. The van der Waals surface area contributed by atoms with Gasteiger partial charge in [-0.2, -0.15) is 11.8 Å². The van der Waals surface area contributed by atoms with Crippen molar-refractivity contribution in [3.8, 4) is 0 Å². The molecule has 0 saturated carbocycles. The normalized spacial score (nSPS) is 39.3. The first-order valence-electron chi connectivity index (χ1n) is 9.51. The van der Waals surface area contributed by atoms with Gasteiger partial charge >= 0.3 is 0 Å². The van der Waals surface area contributed by atoms with Gasteiger partial charge in [0.2, 0.25) is 0 Å². The van der Waals surface area contributed by atoms with Crippen molar-refractivity contribution >= 4 is 11.8 Å². The molecule has 0 aromatic carbocycles. The zero-order valence-corrected chi connectivity index (χ0v) is 15.4. The van der Waals surface area contributed by atoms with Gasteiger partial charge in [0, 0.05) is 63.2 Å². The van der Waals surface area contributed by atoms with E-state index in [0.29, 0.717) is 5.92 Å². The Bertz CT molecular complexity index is 374. The third kappa shape index (κ3) is 2.85. The highest BCUT2D eigenvalue weighted by atomic mass is 32.2. The van der Waals surface area contributed by atoms with Gasteiger partial charge in [0.25, 0.3) is 0 Å². The third-order valence-electron chi connectivity index (χ3n) is 6.19. The molecule has 0 aromatic rings. The van der Waals surface area contributed by atoms with E-state index in [1.54, 1.807) is 0 Å². The van der Waals surface area contributed by atoms with Crippen LogP contribution >= 0.6 is 11.8 Å². The van der Waals surface area contributed by atoms with E-state index in [-0.39, 0.29) is 5.79 Å². The summed E-state index contributed by atoms with van der Waals surface area (Å²) in [5, 5.41) is 5.46. The lowest BCUT2D eigenvalue weighted by molar-refractivity contribution is -0.248. The van der Waals surface area contributed by atoms with Crippen molar-refractivity contribution in [2.75, 3.05) is 70.5 Å². The number of ether oxygens (including phenoxy) is 1. The molecule has 4 aliphatic heterocycles. The Morgan fingerprint density at radius 1 is 0.870 bits per heavy atom. The topological polar surface area (TPSA) is 22.2 Å². The highest BCUT2D eigenvalue weighted by Crippen LogP contribution is 2.43. The molecule has 6 heteroatoms. The SMILES string of the molecule is CC1CCN(N2CCCC2)C1(N1CCOCC1)N1CCSCC1. The van der Waals surface area contributed by atoms with Crippen LogP contribution in [0.4, 0.5) is 0 Å². The van der Waals surface area contributed by atoms with E-state index in [2.05, 4.69) is 38.5 Å². The second kappa shape index (κ2) is 7.18. The minimum absolute atomic E-state index is 0.106. The Kier molecular flexibility index (Phi) is 5.18. The first kappa shape index (κ1) is 16.6. The van der Waals surface area contributed by atoms with Crippen molar-refractivity contribution in [3.63, 3.8) is 0 Å². The van der Waals surface area contributed by atoms with Crippen molar-refractivity contribution < 1.29 is 4.74 Å². The number of rotatable bonds is 3. The van der Waals surface area contributed by atoms with Crippen molar-refractivity contribution in [3.05, 3.63) is 0 Å². The molecule has 4 fully saturated rings. The number of nitrogens with zero attached hydrogens (tertiary/aromatic N) is 4. The smallest absolute Gasteiger partial charge is 0.146 e. The van der Waals surface area contributed by atoms with E-state index in [4.69, 9.17) is 4.74 Å². The zero-order valence-electron chi connectivity index (χ0n) is 14.6. The molecule has 0 spiro atoms. The molecule has 23 heavy (non-hydrogen) atoms. The van der Waals surface area contributed by atoms with E-state index >= 15 is 0 Å². The average Bonchev–Trinajstić information content (AvgIpc) is 3.24. The summed E-state index contributed by atoms with van der Waals surface area (Å²) in [7, 11) is 0. The summed E-state index contributed by atoms with van der Waals surface area (Å²) in [6, 6.07) is 0. The lowest BCUT2D eigenvalue weighted by Crippen LogP contribution is -2.75. The van der Waals surface area contributed by atoms with Crippen molar-refractivity contribution in [1.82, 2.24) is 19.8 Å². The second-order valence-corrected chi connectivity index (χ2v) is 8.58. The maximum Gasteiger partial charge on any atom is 0.146 e. The van der Waals surface area contributed by atoms with Crippen molar-refractivity contribution in [2.45, 2.75) is 32.0 Å². The minimum atomic E-state index is 0.106. The molecule has 0 aromatic heterocycles. The monoisotopic (exact) mass is 340 g/mol. The predicted molar refractivity (Wildman–Crippen MR) is 95.3 cm³/mol. The third-order valence-corrected chi connectivity index (χ3v) is 7.13. The summed E-state index contributed by atoms with van der Waals surface area (Å²) in [6.45, 7) is 12.6. The average molecular weight is 341 g/mol. The van der Waals surface area contributed by atoms with E-state index < -0.39 is 0 Å². The summed E-state index contributed by atoms with van der Waals surface area (Å²) in [4.78, 5) is 5.59. The fourth-order valence-electron chi connectivity index (χ4n) is 5.15. The van der Waals surface area contributed by atoms with Gasteiger partial charge in [-0.1, -0.05) is 6.92 Å². The van der Waals surface area contributed by atoms with Crippen molar-refractivity contribution in [1.29, 1.82) is 0 Å². The van der Waals surface area contributed by atoms with Crippen molar-refractivity contribution in [2.24, 2.45) is 5.92 Å². The van der Waals surface area contributed by atoms with Crippen LogP contribution in [0.5, 0.6) is 0 Å². The lowest BCUT2D eigenvalue weighted by Gasteiger charge is -2.58. The van der Waals surface area contributed by atoms with Gasteiger partial charge in [-0.25, -0.2) is 10.0 Å². The minimum Gasteiger partial charge on any atom is -0.379 e. The molecule has 2 unspecified atom stereocenters. The molecule has 4 heterocycles. The molecule has 132 valence electrons. The molecule has 4 aliphatic rings. The van der Waals surface area contributed by atoms with Crippen LogP contribution in [0.2, 0.25) is 0 Å². The van der Waals surface area contributed by atoms with Crippen LogP contribution in [-0.2, 0) is 4.74 Å². The highest BCUT2D eigenvalue weighted by Gasteiger charge is 2.56. The molecule has 0 amide bonds. The molecule has 0 bridgehead atoms. The molecular weight excluding hydrogens is 308 g/mol. The van der Waals surface area contributed by atoms with E-state index in [1.807, 2.05) is 0 Å². The fourth-order valence-corrected chi connectivity index (χ4v) is 6.06. The molecule has 4 rings (SSSR count). The predicted octanol–water partition coefficient (Wildman–Crippen LogP) is 1.37. The Hall–Kier alpha value is 0.150. The molecule has 5 nitrogen and oxygen atoms in total. The Balaban J connectivity index is 1.68. The fraction of sp³-hybridized carbons (Fsp3) is 1.00. The standard InChI is InChI=1S/C17H32N4OS/c1-16-4-7-21(20-5-2-3-6-20)17(16,18-8-12-22-13-9-18)19-10-14-23-15-11-19/h16H,2-15H2,1H3. The van der Waals surface area contributed by atoms with E-state index in [0.717, 1.165) is 26.3 Å². The second-order valence-electron chi connectivity index (χ2n) is 7.36. The molecule has 0 aliphatic carbocycles. The molecule has 0 N–H and O–H groups in total. The maximum absolute atomic E-state index is 5.69. The zero-order chi connectivity index (χ0) is 15.7. The van der Waals surface area contributed by atoms with Crippen LogP contribution in [0.1, 0.15) is 26.2 Å². The summed E-state index contributed by atoms with van der Waals surface area (Å²) >= 11 is 2.12. The van der Waals surface area contributed by atoms with Crippen LogP contribution in [0.3, 0.4) is 0 Å². The summed E-state index contributed by atoms with van der Waals surface area (Å²) in [6.07, 6.45) is 4.04. The van der Waals surface area contributed by atoms with Gasteiger partial charge in [-0.05, 0) is 19.3 Å². The van der Waals surface area contributed by atoms with Crippen LogP contribution in [0.25, 0.3) is 0 Å². The molecule has 4 saturated heterocycles. The quantitative estimate of drug-likeness (QED) is 0.769. The number of thioether (sulfide) groups is 1. The Morgan fingerprint density at radius 2 is 1.52 bits per heavy atom. The van der Waals surface area contributed by atoms with Gasteiger partial charge in [0.1, 0.15) is 5.79 Å². The lowest BCUT2D eigenvalue weighted by atomic mass is 9.99. The first-order valence-corrected chi connectivity index (χ1v) is 10.7. The van der Waals surface area contributed by atoms with Gasteiger partial charge < -0.3 is 4.74 Å². The number of morpholine rings is 1. The van der Waals surface area contributed by atoms with Crippen LogP contribution in [0.15, 0.2) is 0 Å².